The zero-order chi connectivity index (χ0) is 17.3. The molecule has 1 aliphatic heterocycles. The van der Waals surface area contributed by atoms with Crippen LogP contribution in [-0.2, 0) is 11.8 Å². The van der Waals surface area contributed by atoms with E-state index in [-0.39, 0.29) is 12.3 Å². The van der Waals surface area contributed by atoms with Crippen molar-refractivity contribution in [3.05, 3.63) is 64.2 Å². The lowest BCUT2D eigenvalue weighted by Gasteiger charge is -2.27. The number of halogens is 1. The van der Waals surface area contributed by atoms with Crippen molar-refractivity contribution < 1.29 is 9.18 Å². The van der Waals surface area contributed by atoms with Gasteiger partial charge in [0, 0.05) is 25.1 Å². The van der Waals surface area contributed by atoms with Crippen molar-refractivity contribution in [3.63, 3.8) is 0 Å². The maximum atomic E-state index is 14.2. The fourth-order valence-corrected chi connectivity index (χ4v) is 3.52. The zero-order valence-electron chi connectivity index (χ0n) is 13.1. The number of rotatable bonds is 4. The van der Waals surface area contributed by atoms with Crippen LogP contribution >= 0.6 is 11.8 Å². The number of anilines is 1. The van der Waals surface area contributed by atoms with E-state index in [1.165, 1.54) is 17.8 Å². The molecule has 0 fully saturated rings. The third-order valence-corrected chi connectivity index (χ3v) is 4.94. The second kappa shape index (κ2) is 6.60. The number of fused-ring (bicyclic) bond motifs is 1. The molecule has 124 valence electrons. The summed E-state index contributed by atoms with van der Waals surface area (Å²) in [5.41, 5.74) is 0.215. The zero-order valence-corrected chi connectivity index (χ0v) is 13.9. The van der Waals surface area contributed by atoms with Crippen LogP contribution in [0.4, 0.5) is 10.2 Å². The van der Waals surface area contributed by atoms with Crippen LogP contribution < -0.4 is 10.9 Å². The Morgan fingerprint density at radius 2 is 2.21 bits per heavy atom. The minimum atomic E-state index is -0.639. The Hall–Kier alpha value is -2.41. The molecule has 5 nitrogen and oxygen atoms in total. The van der Waals surface area contributed by atoms with Gasteiger partial charge in [-0.2, -0.15) is 4.98 Å². The van der Waals surface area contributed by atoms with Crippen LogP contribution in [0.2, 0.25) is 0 Å². The molecular formula is C17H16FN3O2S. The van der Waals surface area contributed by atoms with Gasteiger partial charge in [0.15, 0.2) is 5.16 Å². The number of carbonyl (C=O) groups is 1. The van der Waals surface area contributed by atoms with Crippen molar-refractivity contribution in [1.82, 2.24) is 9.55 Å². The molecule has 24 heavy (non-hydrogen) atoms. The fourth-order valence-electron chi connectivity index (χ4n) is 2.82. The second-order valence-corrected chi connectivity index (χ2v) is 6.43. The van der Waals surface area contributed by atoms with Gasteiger partial charge in [-0.05, 0) is 11.6 Å². The first-order valence-electron chi connectivity index (χ1n) is 7.41. The normalized spacial score (nSPS) is 16.4. The first-order valence-corrected chi connectivity index (χ1v) is 8.40. The summed E-state index contributed by atoms with van der Waals surface area (Å²) in [6.45, 7) is 3.64. The highest BCUT2D eigenvalue weighted by Gasteiger charge is 2.33. The molecule has 1 N–H and O–H groups in total. The largest absolute Gasteiger partial charge is 0.312 e. The van der Waals surface area contributed by atoms with E-state index in [1.807, 2.05) is 0 Å². The van der Waals surface area contributed by atoms with Gasteiger partial charge in [0.1, 0.15) is 11.6 Å². The third kappa shape index (κ3) is 2.87. The number of aromatic nitrogens is 2. The highest BCUT2D eigenvalue weighted by Crippen LogP contribution is 2.36. The molecule has 2 heterocycles. The Morgan fingerprint density at radius 3 is 2.92 bits per heavy atom. The Morgan fingerprint density at radius 1 is 1.46 bits per heavy atom. The van der Waals surface area contributed by atoms with Crippen molar-refractivity contribution >= 4 is 23.5 Å². The Labute approximate surface area is 142 Å². The van der Waals surface area contributed by atoms with Gasteiger partial charge in [0.2, 0.25) is 5.91 Å². The van der Waals surface area contributed by atoms with E-state index in [1.54, 1.807) is 35.9 Å². The number of benzene rings is 1. The molecule has 7 heteroatoms. The lowest BCUT2D eigenvalue weighted by Crippen LogP contribution is -2.33. The number of nitrogens with zero attached hydrogens (tertiary/aromatic N) is 2. The molecule has 1 atom stereocenters. The molecule has 0 spiro atoms. The van der Waals surface area contributed by atoms with Crippen molar-refractivity contribution in [3.8, 4) is 0 Å². The summed E-state index contributed by atoms with van der Waals surface area (Å²) in [5.74, 6) is -0.360. The molecule has 0 aliphatic carbocycles. The Kier molecular flexibility index (Phi) is 4.53. The molecule has 1 aliphatic rings. The molecular weight excluding hydrogens is 329 g/mol. The lowest BCUT2D eigenvalue weighted by atomic mass is 9.86. The van der Waals surface area contributed by atoms with Gasteiger partial charge in [-0.25, -0.2) is 4.39 Å². The molecule has 0 saturated carbocycles. The smallest absolute Gasteiger partial charge is 0.279 e. The highest BCUT2D eigenvalue weighted by atomic mass is 32.2. The number of hydrogen-bond acceptors (Lipinski definition) is 4. The summed E-state index contributed by atoms with van der Waals surface area (Å²) in [4.78, 5) is 28.8. The first-order chi connectivity index (χ1) is 11.5. The van der Waals surface area contributed by atoms with Crippen LogP contribution in [-0.4, -0.2) is 21.2 Å². The minimum Gasteiger partial charge on any atom is -0.312 e. The summed E-state index contributed by atoms with van der Waals surface area (Å²) >= 11 is 1.34. The van der Waals surface area contributed by atoms with E-state index in [2.05, 4.69) is 16.9 Å². The highest BCUT2D eigenvalue weighted by molar-refractivity contribution is 7.99. The monoisotopic (exact) mass is 345 g/mol. The van der Waals surface area contributed by atoms with Gasteiger partial charge in [0.05, 0.1) is 5.56 Å². The van der Waals surface area contributed by atoms with Crippen molar-refractivity contribution in [2.24, 2.45) is 7.05 Å². The van der Waals surface area contributed by atoms with Crippen LogP contribution in [0.15, 0.2) is 46.9 Å². The van der Waals surface area contributed by atoms with Crippen LogP contribution in [0.5, 0.6) is 0 Å². The maximum absolute atomic E-state index is 14.2. The topological polar surface area (TPSA) is 64.0 Å². The Bertz CT molecular complexity index is 879. The van der Waals surface area contributed by atoms with Crippen molar-refractivity contribution in [1.29, 1.82) is 0 Å². The molecule has 3 rings (SSSR count). The van der Waals surface area contributed by atoms with Crippen molar-refractivity contribution in [2.75, 3.05) is 11.1 Å². The van der Waals surface area contributed by atoms with E-state index < -0.39 is 17.3 Å². The number of hydrogen-bond donors (Lipinski definition) is 1. The summed E-state index contributed by atoms with van der Waals surface area (Å²) in [6, 6.07) is 6.20. The fraction of sp³-hybridized carbons (Fsp3) is 0.235. The summed E-state index contributed by atoms with van der Waals surface area (Å²) < 4.78 is 15.9. The van der Waals surface area contributed by atoms with Gasteiger partial charge in [-0.15, -0.1) is 6.58 Å². The lowest BCUT2D eigenvalue weighted by molar-refractivity contribution is -0.116. The van der Waals surface area contributed by atoms with Crippen LogP contribution in [0.1, 0.15) is 23.5 Å². The minimum absolute atomic E-state index is 0.0179. The second-order valence-electron chi connectivity index (χ2n) is 5.45. The van der Waals surface area contributed by atoms with Gasteiger partial charge in [-0.1, -0.05) is 36.0 Å². The molecule has 0 radical (unpaired) electrons. The van der Waals surface area contributed by atoms with E-state index >= 15 is 0 Å². The van der Waals surface area contributed by atoms with Gasteiger partial charge in [-0.3, -0.25) is 9.59 Å². The standard InChI is InChI=1S/C17H16FN3O2S/c1-3-8-24-17-20-16(23)14-11(10-6-4-5-7-12(10)18)9-13(22)19-15(14)21(17)2/h3-7,11H,1,8-9H2,2H3,(H,19,22). The molecule has 0 bridgehead atoms. The van der Waals surface area contributed by atoms with E-state index in [9.17, 15) is 14.0 Å². The van der Waals surface area contributed by atoms with Crippen molar-refractivity contribution in [2.45, 2.75) is 17.5 Å². The number of thioether (sulfide) groups is 1. The van der Waals surface area contributed by atoms with E-state index in [4.69, 9.17) is 0 Å². The average Bonchev–Trinajstić information content (AvgIpc) is 2.56. The number of nitrogens with one attached hydrogen (secondary N) is 1. The predicted molar refractivity (Wildman–Crippen MR) is 91.9 cm³/mol. The quantitative estimate of drug-likeness (QED) is 0.526. The summed E-state index contributed by atoms with van der Waals surface area (Å²) in [5, 5.41) is 3.21. The maximum Gasteiger partial charge on any atom is 0.279 e. The summed E-state index contributed by atoms with van der Waals surface area (Å²) in [6.07, 6.45) is 1.72. The first kappa shape index (κ1) is 16.4. The molecule has 0 saturated heterocycles. The average molecular weight is 345 g/mol. The SMILES string of the molecule is C=CCSc1nc(=O)c2c(n1C)NC(=O)CC2c1ccccc1F. The van der Waals surface area contributed by atoms with Crippen LogP contribution in [0, 0.1) is 5.82 Å². The van der Waals surface area contributed by atoms with Crippen LogP contribution in [0.3, 0.4) is 0 Å². The predicted octanol–water partition coefficient (Wildman–Crippen LogP) is 2.67. The molecule has 1 aromatic heterocycles. The van der Waals surface area contributed by atoms with E-state index in [0.29, 0.717) is 27.9 Å². The summed E-state index contributed by atoms with van der Waals surface area (Å²) in [7, 11) is 1.72. The van der Waals surface area contributed by atoms with Gasteiger partial charge < -0.3 is 9.88 Å². The molecule has 2 aromatic rings. The van der Waals surface area contributed by atoms with Crippen LogP contribution in [0.25, 0.3) is 0 Å². The van der Waals surface area contributed by atoms with Gasteiger partial charge in [0.25, 0.3) is 5.56 Å². The molecule has 1 aromatic carbocycles. The van der Waals surface area contributed by atoms with E-state index in [0.717, 1.165) is 0 Å². The van der Waals surface area contributed by atoms with Gasteiger partial charge >= 0.3 is 0 Å². The number of amides is 1. The number of carbonyl (C=O) groups excluding carboxylic acids is 1. The Balaban J connectivity index is 2.18. The molecule has 1 unspecified atom stereocenters. The molecule has 1 amide bonds. The third-order valence-electron chi connectivity index (χ3n) is 3.91.